The van der Waals surface area contributed by atoms with E-state index in [0.29, 0.717) is 13.1 Å². The van der Waals surface area contributed by atoms with Gasteiger partial charge in [0, 0.05) is 19.1 Å². The fourth-order valence-corrected chi connectivity index (χ4v) is 4.42. The van der Waals surface area contributed by atoms with E-state index in [-0.39, 0.29) is 29.0 Å². The first-order chi connectivity index (χ1) is 13.7. The highest BCUT2D eigenvalue weighted by Gasteiger charge is 2.26. The molecule has 0 spiro atoms. The zero-order chi connectivity index (χ0) is 21.4. The summed E-state index contributed by atoms with van der Waals surface area (Å²) in [6.45, 7) is 3.71. The van der Waals surface area contributed by atoms with Gasteiger partial charge in [-0.3, -0.25) is 9.59 Å². The number of piperidine rings is 1. The van der Waals surface area contributed by atoms with Gasteiger partial charge in [-0.2, -0.15) is 4.31 Å². The summed E-state index contributed by atoms with van der Waals surface area (Å²) in [4.78, 5) is 35.4. The number of esters is 1. The van der Waals surface area contributed by atoms with Crippen LogP contribution >= 0.6 is 0 Å². The third-order valence-electron chi connectivity index (χ3n) is 4.25. The molecule has 0 radical (unpaired) electrons. The molecular weight excluding hydrogens is 398 g/mol. The van der Waals surface area contributed by atoms with Gasteiger partial charge in [0.15, 0.2) is 6.61 Å². The highest BCUT2D eigenvalue weighted by Crippen LogP contribution is 2.21. The van der Waals surface area contributed by atoms with Gasteiger partial charge in [0.1, 0.15) is 0 Å². The minimum absolute atomic E-state index is 0.0173. The molecule has 1 aliphatic heterocycles. The summed E-state index contributed by atoms with van der Waals surface area (Å²) in [7, 11) is -3.68. The standard InChI is InChI=1S/C19H27N3O6S/c1-14(2)21-17(23)12-20-18(24)13-28-19(25)15-7-6-8-16(11-15)29(26,27)22-9-4-3-5-10-22/h6-8,11,14H,3-5,9-10,12-13H2,1-2H3,(H,20,24)(H,21,23). The number of ether oxygens (including phenoxy) is 1. The normalized spacial score (nSPS) is 15.0. The average Bonchev–Trinajstić information content (AvgIpc) is 2.70. The molecule has 10 heteroatoms. The van der Waals surface area contributed by atoms with Crippen molar-refractivity contribution in [2.45, 2.75) is 44.0 Å². The number of rotatable bonds is 8. The molecule has 1 aliphatic rings. The van der Waals surface area contributed by atoms with Gasteiger partial charge in [-0.05, 0) is 44.9 Å². The van der Waals surface area contributed by atoms with Crippen LogP contribution in [-0.2, 0) is 24.3 Å². The number of carbonyl (C=O) groups excluding carboxylic acids is 3. The van der Waals surface area contributed by atoms with Gasteiger partial charge in [-0.1, -0.05) is 12.5 Å². The van der Waals surface area contributed by atoms with Crippen LogP contribution in [0, 0.1) is 0 Å². The highest BCUT2D eigenvalue weighted by molar-refractivity contribution is 7.89. The van der Waals surface area contributed by atoms with Crippen LogP contribution in [0.15, 0.2) is 29.2 Å². The van der Waals surface area contributed by atoms with Crippen molar-refractivity contribution in [3.05, 3.63) is 29.8 Å². The van der Waals surface area contributed by atoms with Gasteiger partial charge in [0.05, 0.1) is 17.0 Å². The maximum atomic E-state index is 12.7. The van der Waals surface area contributed by atoms with E-state index in [1.165, 1.54) is 28.6 Å². The van der Waals surface area contributed by atoms with Crippen molar-refractivity contribution >= 4 is 27.8 Å². The zero-order valence-electron chi connectivity index (χ0n) is 16.6. The lowest BCUT2D eigenvalue weighted by Gasteiger charge is -2.25. The molecule has 1 fully saturated rings. The molecule has 1 aromatic carbocycles. The van der Waals surface area contributed by atoms with Gasteiger partial charge in [-0.25, -0.2) is 13.2 Å². The predicted molar refractivity (Wildman–Crippen MR) is 106 cm³/mol. The highest BCUT2D eigenvalue weighted by atomic mass is 32.2. The molecule has 2 amide bonds. The Morgan fingerprint density at radius 2 is 1.79 bits per heavy atom. The Morgan fingerprint density at radius 3 is 2.45 bits per heavy atom. The Labute approximate surface area is 170 Å². The molecule has 0 aromatic heterocycles. The quantitative estimate of drug-likeness (QED) is 0.590. The molecule has 2 N–H and O–H groups in total. The molecule has 0 atom stereocenters. The maximum absolute atomic E-state index is 12.7. The predicted octanol–water partition coefficient (Wildman–Crippen LogP) is 0.659. The number of hydrogen-bond donors (Lipinski definition) is 2. The Kier molecular flexibility index (Phi) is 8.15. The molecule has 29 heavy (non-hydrogen) atoms. The van der Waals surface area contributed by atoms with E-state index in [4.69, 9.17) is 4.74 Å². The fraction of sp³-hybridized carbons (Fsp3) is 0.526. The summed E-state index contributed by atoms with van der Waals surface area (Å²) >= 11 is 0. The molecule has 0 unspecified atom stereocenters. The molecule has 1 aromatic rings. The van der Waals surface area contributed by atoms with Gasteiger partial charge in [0.2, 0.25) is 15.9 Å². The van der Waals surface area contributed by atoms with E-state index < -0.39 is 28.5 Å². The number of nitrogens with one attached hydrogen (secondary N) is 2. The second-order valence-corrected chi connectivity index (χ2v) is 9.01. The number of benzene rings is 1. The molecule has 0 bridgehead atoms. The summed E-state index contributed by atoms with van der Waals surface area (Å²) < 4.78 is 31.8. The van der Waals surface area contributed by atoms with E-state index >= 15 is 0 Å². The van der Waals surface area contributed by atoms with Crippen LogP contribution in [0.3, 0.4) is 0 Å². The van der Waals surface area contributed by atoms with E-state index in [1.807, 2.05) is 0 Å². The van der Waals surface area contributed by atoms with Crippen LogP contribution in [-0.4, -0.2) is 62.8 Å². The Morgan fingerprint density at radius 1 is 1.10 bits per heavy atom. The van der Waals surface area contributed by atoms with E-state index in [0.717, 1.165) is 19.3 Å². The lowest BCUT2D eigenvalue weighted by molar-refractivity contribution is -0.128. The minimum atomic E-state index is -3.68. The van der Waals surface area contributed by atoms with Crippen molar-refractivity contribution in [3.8, 4) is 0 Å². The zero-order valence-corrected chi connectivity index (χ0v) is 17.5. The van der Waals surface area contributed by atoms with Crippen LogP contribution in [0.5, 0.6) is 0 Å². The largest absolute Gasteiger partial charge is 0.452 e. The van der Waals surface area contributed by atoms with E-state index in [1.54, 1.807) is 13.8 Å². The fourth-order valence-electron chi connectivity index (χ4n) is 2.86. The SMILES string of the molecule is CC(C)NC(=O)CNC(=O)COC(=O)c1cccc(S(=O)(=O)N2CCCCC2)c1. The van der Waals surface area contributed by atoms with E-state index in [9.17, 15) is 22.8 Å². The Balaban J connectivity index is 1.92. The molecule has 1 heterocycles. The van der Waals surface area contributed by atoms with Crippen LogP contribution in [0.1, 0.15) is 43.5 Å². The van der Waals surface area contributed by atoms with Crippen molar-refractivity contribution in [1.29, 1.82) is 0 Å². The van der Waals surface area contributed by atoms with Crippen LogP contribution < -0.4 is 10.6 Å². The maximum Gasteiger partial charge on any atom is 0.338 e. The van der Waals surface area contributed by atoms with Gasteiger partial charge in [0.25, 0.3) is 5.91 Å². The number of carbonyl (C=O) groups is 3. The van der Waals surface area contributed by atoms with Crippen molar-refractivity contribution in [2.24, 2.45) is 0 Å². The topological polar surface area (TPSA) is 122 Å². The lowest BCUT2D eigenvalue weighted by Crippen LogP contribution is -2.41. The van der Waals surface area contributed by atoms with Crippen LogP contribution in [0.4, 0.5) is 0 Å². The molecule has 2 rings (SSSR count). The summed E-state index contributed by atoms with van der Waals surface area (Å²) in [6, 6.07) is 5.52. The first kappa shape index (κ1) is 22.8. The second kappa shape index (κ2) is 10.4. The second-order valence-electron chi connectivity index (χ2n) is 7.07. The summed E-state index contributed by atoms with van der Waals surface area (Å²) in [5, 5.41) is 4.96. The monoisotopic (exact) mass is 425 g/mol. The third-order valence-corrected chi connectivity index (χ3v) is 6.15. The average molecular weight is 426 g/mol. The van der Waals surface area contributed by atoms with Crippen molar-refractivity contribution in [2.75, 3.05) is 26.2 Å². The third kappa shape index (κ3) is 6.82. The number of hydrogen-bond acceptors (Lipinski definition) is 6. The Bertz CT molecular complexity index is 847. The smallest absolute Gasteiger partial charge is 0.338 e. The van der Waals surface area contributed by atoms with Crippen molar-refractivity contribution in [3.63, 3.8) is 0 Å². The Hall–Kier alpha value is -2.46. The molecular formula is C19H27N3O6S. The molecule has 1 saturated heterocycles. The molecule has 160 valence electrons. The van der Waals surface area contributed by atoms with Crippen molar-refractivity contribution < 1.29 is 27.5 Å². The van der Waals surface area contributed by atoms with Crippen LogP contribution in [0.25, 0.3) is 0 Å². The molecule has 0 aliphatic carbocycles. The van der Waals surface area contributed by atoms with Crippen molar-refractivity contribution in [1.82, 2.24) is 14.9 Å². The first-order valence-corrected chi connectivity index (χ1v) is 11.0. The van der Waals surface area contributed by atoms with E-state index in [2.05, 4.69) is 10.6 Å². The summed E-state index contributed by atoms with van der Waals surface area (Å²) in [6.07, 6.45) is 2.62. The van der Waals surface area contributed by atoms with Gasteiger partial charge in [-0.15, -0.1) is 0 Å². The first-order valence-electron chi connectivity index (χ1n) is 9.53. The number of amides is 2. The molecule has 0 saturated carbocycles. The molecule has 9 nitrogen and oxygen atoms in total. The summed E-state index contributed by atoms with van der Waals surface area (Å²) in [5.74, 6) is -1.80. The summed E-state index contributed by atoms with van der Waals surface area (Å²) in [5.41, 5.74) is 0.0356. The number of sulfonamides is 1. The lowest BCUT2D eigenvalue weighted by atomic mass is 10.2. The van der Waals surface area contributed by atoms with Gasteiger partial charge < -0.3 is 15.4 Å². The van der Waals surface area contributed by atoms with Gasteiger partial charge >= 0.3 is 5.97 Å². The van der Waals surface area contributed by atoms with Crippen LogP contribution in [0.2, 0.25) is 0 Å². The minimum Gasteiger partial charge on any atom is -0.452 e. The number of nitrogens with zero attached hydrogens (tertiary/aromatic N) is 1.